The number of morpholine rings is 1. The van der Waals surface area contributed by atoms with Crippen LogP contribution >= 0.6 is 0 Å². The molecule has 26 heavy (non-hydrogen) atoms. The maximum Gasteiger partial charge on any atom is 0.226 e. The van der Waals surface area contributed by atoms with Gasteiger partial charge in [-0.15, -0.1) is 0 Å². The van der Waals surface area contributed by atoms with E-state index in [2.05, 4.69) is 32.4 Å². The van der Waals surface area contributed by atoms with Gasteiger partial charge in [0.2, 0.25) is 5.89 Å². The van der Waals surface area contributed by atoms with Gasteiger partial charge in [0.15, 0.2) is 5.96 Å². The van der Waals surface area contributed by atoms with Crippen LogP contribution in [0, 0.1) is 0 Å². The second-order valence-corrected chi connectivity index (χ2v) is 6.09. The fourth-order valence-corrected chi connectivity index (χ4v) is 2.75. The minimum Gasteiger partial charge on any atom is -0.444 e. The molecule has 7 heteroatoms. The Morgan fingerprint density at radius 2 is 2.00 bits per heavy atom. The molecule has 1 fully saturated rings. The van der Waals surface area contributed by atoms with Crippen molar-refractivity contribution in [1.82, 2.24) is 20.5 Å². The molecule has 2 N–H and O–H groups in total. The van der Waals surface area contributed by atoms with Crippen LogP contribution in [-0.2, 0) is 11.3 Å². The van der Waals surface area contributed by atoms with Crippen LogP contribution in [0.15, 0.2) is 46.0 Å². The van der Waals surface area contributed by atoms with Gasteiger partial charge < -0.3 is 19.8 Å². The number of nitrogens with zero attached hydrogens (tertiary/aromatic N) is 3. The monoisotopic (exact) mass is 357 g/mol. The first kappa shape index (κ1) is 18.4. The molecule has 7 nitrogen and oxygen atoms in total. The van der Waals surface area contributed by atoms with Crippen LogP contribution in [0.1, 0.15) is 12.6 Å². The predicted molar refractivity (Wildman–Crippen MR) is 102 cm³/mol. The highest BCUT2D eigenvalue weighted by Crippen LogP contribution is 2.18. The second kappa shape index (κ2) is 9.94. The fraction of sp³-hybridized carbons (Fsp3) is 0.474. The van der Waals surface area contributed by atoms with Gasteiger partial charge in [0.05, 0.1) is 19.8 Å². The molecule has 0 spiro atoms. The van der Waals surface area contributed by atoms with Gasteiger partial charge in [0.25, 0.3) is 0 Å². The summed E-state index contributed by atoms with van der Waals surface area (Å²) in [4.78, 5) is 11.5. The molecule has 1 aromatic carbocycles. The van der Waals surface area contributed by atoms with Gasteiger partial charge in [-0.3, -0.25) is 4.90 Å². The van der Waals surface area contributed by atoms with E-state index in [1.54, 1.807) is 6.26 Å². The third kappa shape index (κ3) is 5.57. The number of hydrogen-bond donors (Lipinski definition) is 2. The second-order valence-electron chi connectivity index (χ2n) is 6.09. The van der Waals surface area contributed by atoms with Gasteiger partial charge in [-0.1, -0.05) is 18.2 Å². The van der Waals surface area contributed by atoms with E-state index in [9.17, 15) is 0 Å². The number of benzene rings is 1. The zero-order chi connectivity index (χ0) is 18.0. The zero-order valence-electron chi connectivity index (χ0n) is 15.3. The van der Waals surface area contributed by atoms with Crippen LogP contribution in [0.2, 0.25) is 0 Å². The predicted octanol–water partition coefficient (Wildman–Crippen LogP) is 1.73. The van der Waals surface area contributed by atoms with Gasteiger partial charge in [0, 0.05) is 38.3 Å². The van der Waals surface area contributed by atoms with Gasteiger partial charge in [-0.05, 0) is 19.1 Å². The van der Waals surface area contributed by atoms with Crippen molar-refractivity contribution in [2.24, 2.45) is 4.99 Å². The summed E-state index contributed by atoms with van der Waals surface area (Å²) in [6, 6.07) is 9.88. The molecule has 0 aliphatic carbocycles. The highest BCUT2D eigenvalue weighted by Gasteiger charge is 2.10. The number of nitrogens with one attached hydrogen (secondary N) is 2. The molecule has 140 valence electrons. The van der Waals surface area contributed by atoms with Gasteiger partial charge >= 0.3 is 0 Å². The molecule has 0 saturated carbocycles. The van der Waals surface area contributed by atoms with E-state index in [0.717, 1.165) is 63.2 Å². The number of guanidine groups is 1. The molecule has 2 heterocycles. The summed E-state index contributed by atoms with van der Waals surface area (Å²) in [6.07, 6.45) is 1.67. The van der Waals surface area contributed by atoms with Crippen molar-refractivity contribution in [3.63, 3.8) is 0 Å². The number of oxazole rings is 1. The van der Waals surface area contributed by atoms with Crippen LogP contribution in [-0.4, -0.2) is 61.8 Å². The van der Waals surface area contributed by atoms with Crippen LogP contribution in [0.4, 0.5) is 0 Å². The largest absolute Gasteiger partial charge is 0.444 e. The Morgan fingerprint density at radius 1 is 1.19 bits per heavy atom. The van der Waals surface area contributed by atoms with Crippen molar-refractivity contribution in [3.8, 4) is 11.5 Å². The molecular formula is C19H27N5O2. The maximum absolute atomic E-state index is 5.56. The van der Waals surface area contributed by atoms with E-state index in [4.69, 9.17) is 9.15 Å². The summed E-state index contributed by atoms with van der Waals surface area (Å²) in [5.41, 5.74) is 1.78. The molecule has 0 bridgehead atoms. The molecule has 1 saturated heterocycles. The molecule has 1 aliphatic rings. The Bertz CT molecular complexity index is 680. The molecule has 2 aromatic rings. The first-order chi connectivity index (χ1) is 12.8. The van der Waals surface area contributed by atoms with E-state index >= 15 is 0 Å². The van der Waals surface area contributed by atoms with E-state index in [0.29, 0.717) is 12.4 Å². The lowest BCUT2D eigenvalue weighted by Crippen LogP contribution is -2.44. The van der Waals surface area contributed by atoms with E-state index in [1.165, 1.54) is 0 Å². The minimum atomic E-state index is 0.475. The molecule has 0 atom stereocenters. The molecule has 0 amide bonds. The third-order valence-corrected chi connectivity index (χ3v) is 4.14. The van der Waals surface area contributed by atoms with Crippen molar-refractivity contribution >= 4 is 5.96 Å². The van der Waals surface area contributed by atoms with Gasteiger partial charge in [-0.25, -0.2) is 9.98 Å². The Balaban J connectivity index is 1.51. The minimum absolute atomic E-state index is 0.475. The lowest BCUT2D eigenvalue weighted by molar-refractivity contribution is 0.0389. The Hall–Kier alpha value is -2.38. The first-order valence-electron chi connectivity index (χ1n) is 9.17. The van der Waals surface area contributed by atoms with Crippen molar-refractivity contribution in [2.45, 2.75) is 13.5 Å². The fourth-order valence-electron chi connectivity index (χ4n) is 2.75. The van der Waals surface area contributed by atoms with Gasteiger partial charge in [0.1, 0.15) is 12.0 Å². The van der Waals surface area contributed by atoms with E-state index < -0.39 is 0 Å². The average molecular weight is 357 g/mol. The summed E-state index contributed by atoms with van der Waals surface area (Å²) in [5.74, 6) is 1.42. The lowest BCUT2D eigenvalue weighted by Gasteiger charge is -2.26. The topological polar surface area (TPSA) is 74.9 Å². The highest BCUT2D eigenvalue weighted by molar-refractivity contribution is 5.79. The van der Waals surface area contributed by atoms with Crippen LogP contribution in [0.25, 0.3) is 11.5 Å². The number of ether oxygens (including phenoxy) is 1. The van der Waals surface area contributed by atoms with Crippen LogP contribution in [0.5, 0.6) is 0 Å². The van der Waals surface area contributed by atoms with Crippen LogP contribution < -0.4 is 10.6 Å². The molecule has 1 aliphatic heterocycles. The number of aromatic nitrogens is 1. The summed E-state index contributed by atoms with van der Waals surface area (Å²) >= 11 is 0. The highest BCUT2D eigenvalue weighted by atomic mass is 16.5. The standard InChI is InChI=1S/C19H27N5O2/c1-2-20-19(21-8-9-24-10-12-25-13-11-24)22-14-17-15-26-18(23-17)16-6-4-3-5-7-16/h3-7,15H,2,8-14H2,1H3,(H2,20,21,22). The van der Waals surface area contributed by atoms with E-state index in [1.807, 2.05) is 30.3 Å². The normalized spacial score (nSPS) is 15.8. The molecule has 0 radical (unpaired) electrons. The molecular weight excluding hydrogens is 330 g/mol. The first-order valence-corrected chi connectivity index (χ1v) is 9.17. The molecule has 0 unspecified atom stereocenters. The molecule has 3 rings (SSSR count). The average Bonchev–Trinajstić information content (AvgIpc) is 3.17. The number of hydrogen-bond acceptors (Lipinski definition) is 5. The Labute approximate surface area is 154 Å². The number of aliphatic imine (C=N–C) groups is 1. The number of rotatable bonds is 7. The quantitative estimate of drug-likeness (QED) is 0.581. The van der Waals surface area contributed by atoms with Crippen molar-refractivity contribution in [2.75, 3.05) is 45.9 Å². The Kier molecular flexibility index (Phi) is 7.04. The van der Waals surface area contributed by atoms with Crippen LogP contribution in [0.3, 0.4) is 0 Å². The summed E-state index contributed by atoms with van der Waals surface area (Å²) in [6.45, 7) is 8.82. The van der Waals surface area contributed by atoms with Gasteiger partial charge in [-0.2, -0.15) is 0 Å². The maximum atomic E-state index is 5.56. The summed E-state index contributed by atoms with van der Waals surface area (Å²) in [7, 11) is 0. The summed E-state index contributed by atoms with van der Waals surface area (Å²) < 4.78 is 10.9. The molecule has 1 aromatic heterocycles. The smallest absolute Gasteiger partial charge is 0.226 e. The lowest BCUT2D eigenvalue weighted by atomic mass is 10.2. The SMILES string of the molecule is CCNC(=NCc1coc(-c2ccccc2)n1)NCCN1CCOCC1. The third-order valence-electron chi connectivity index (χ3n) is 4.14. The summed E-state index contributed by atoms with van der Waals surface area (Å²) in [5, 5.41) is 6.64. The Morgan fingerprint density at radius 3 is 2.77 bits per heavy atom. The zero-order valence-corrected chi connectivity index (χ0v) is 15.3. The van der Waals surface area contributed by atoms with Crippen molar-refractivity contribution in [1.29, 1.82) is 0 Å². The van der Waals surface area contributed by atoms with E-state index in [-0.39, 0.29) is 0 Å². The van der Waals surface area contributed by atoms with Crippen molar-refractivity contribution in [3.05, 3.63) is 42.3 Å². The van der Waals surface area contributed by atoms with Crippen molar-refractivity contribution < 1.29 is 9.15 Å².